The van der Waals surface area contributed by atoms with Crippen LogP contribution in [0.1, 0.15) is 26.7 Å². The van der Waals surface area contributed by atoms with Crippen LogP contribution in [0.4, 0.5) is 11.4 Å². The van der Waals surface area contributed by atoms with E-state index in [1.165, 1.54) is 18.5 Å². The fraction of sp³-hybridized carbons (Fsp3) is 0.600. The smallest absolute Gasteiger partial charge is 0.0642 e. The molecule has 0 radical (unpaired) electrons. The van der Waals surface area contributed by atoms with Crippen molar-refractivity contribution in [1.29, 1.82) is 0 Å². The maximum atomic E-state index is 5.31. The fourth-order valence-electron chi connectivity index (χ4n) is 1.66. The third kappa shape index (κ3) is 4.96. The van der Waals surface area contributed by atoms with E-state index in [0.717, 1.165) is 32.0 Å². The molecule has 1 heterocycles. The van der Waals surface area contributed by atoms with Crippen LogP contribution >= 0.6 is 0 Å². The molecule has 1 aromatic carbocycles. The Hall–Kier alpha value is -1.22. The Morgan fingerprint density at radius 3 is 2.06 bits per heavy atom. The number of morpholine rings is 1. The summed E-state index contributed by atoms with van der Waals surface area (Å²) in [5, 5.41) is 3.11. The lowest BCUT2D eigenvalue weighted by Gasteiger charge is -2.28. The fourth-order valence-corrected chi connectivity index (χ4v) is 1.66. The second-order valence-corrected chi connectivity index (χ2v) is 4.40. The van der Waals surface area contributed by atoms with Gasteiger partial charge >= 0.3 is 0 Å². The molecule has 0 unspecified atom stereocenters. The minimum Gasteiger partial charge on any atom is -0.388 e. The summed E-state index contributed by atoms with van der Waals surface area (Å²) in [6.07, 6.45) is 2.64. The summed E-state index contributed by atoms with van der Waals surface area (Å²) in [4.78, 5) is 2.35. The van der Waals surface area contributed by atoms with Crippen LogP contribution in [-0.2, 0) is 4.74 Å². The van der Waals surface area contributed by atoms with Gasteiger partial charge in [0.05, 0.1) is 13.2 Å². The highest BCUT2D eigenvalue weighted by Crippen LogP contribution is 2.18. The zero-order valence-electron chi connectivity index (χ0n) is 11.9. The van der Waals surface area contributed by atoms with Crippen molar-refractivity contribution in [3.8, 4) is 0 Å². The van der Waals surface area contributed by atoms with Crippen LogP contribution in [0.5, 0.6) is 0 Å². The van der Waals surface area contributed by atoms with Gasteiger partial charge in [0, 0.05) is 31.5 Å². The van der Waals surface area contributed by atoms with E-state index >= 15 is 0 Å². The summed E-state index contributed by atoms with van der Waals surface area (Å²) in [6, 6.07) is 8.50. The summed E-state index contributed by atoms with van der Waals surface area (Å²) >= 11 is 0. The van der Waals surface area contributed by atoms with E-state index in [1.807, 2.05) is 7.05 Å². The van der Waals surface area contributed by atoms with Crippen molar-refractivity contribution in [2.45, 2.75) is 26.7 Å². The average Bonchev–Trinajstić information content (AvgIpc) is 2.48. The first-order valence-corrected chi connectivity index (χ1v) is 6.92. The summed E-state index contributed by atoms with van der Waals surface area (Å²) in [5.41, 5.74) is 2.44. The van der Waals surface area contributed by atoms with Gasteiger partial charge in [-0.15, -0.1) is 0 Å². The summed E-state index contributed by atoms with van der Waals surface area (Å²) in [5.74, 6) is 0. The van der Waals surface area contributed by atoms with Crippen molar-refractivity contribution in [1.82, 2.24) is 0 Å². The molecule has 1 fully saturated rings. The van der Waals surface area contributed by atoms with Gasteiger partial charge < -0.3 is 15.0 Å². The van der Waals surface area contributed by atoms with E-state index in [2.05, 4.69) is 48.3 Å². The molecule has 0 bridgehead atoms. The lowest BCUT2D eigenvalue weighted by atomic mass is 10.2. The van der Waals surface area contributed by atoms with Crippen LogP contribution in [0.2, 0.25) is 0 Å². The van der Waals surface area contributed by atoms with Gasteiger partial charge in [0.2, 0.25) is 0 Å². The molecule has 0 aliphatic carbocycles. The third-order valence-electron chi connectivity index (χ3n) is 3.03. The molecule has 0 amide bonds. The number of hydrogen-bond acceptors (Lipinski definition) is 3. The molecule has 1 saturated heterocycles. The molecule has 2 rings (SSSR count). The number of rotatable bonds is 3. The van der Waals surface area contributed by atoms with Gasteiger partial charge in [0.1, 0.15) is 0 Å². The number of benzene rings is 1. The monoisotopic (exact) mass is 250 g/mol. The highest BCUT2D eigenvalue weighted by molar-refractivity contribution is 5.54. The van der Waals surface area contributed by atoms with Crippen molar-refractivity contribution in [3.63, 3.8) is 0 Å². The zero-order chi connectivity index (χ0) is 13.2. The number of hydrogen-bond donors (Lipinski definition) is 1. The van der Waals surface area contributed by atoms with E-state index in [-0.39, 0.29) is 0 Å². The minimum absolute atomic E-state index is 0.841. The zero-order valence-corrected chi connectivity index (χ0v) is 11.9. The first kappa shape index (κ1) is 14.8. The van der Waals surface area contributed by atoms with Crippen molar-refractivity contribution in [2.24, 2.45) is 0 Å². The van der Waals surface area contributed by atoms with E-state index < -0.39 is 0 Å². The quantitative estimate of drug-likeness (QED) is 0.890. The van der Waals surface area contributed by atoms with Crippen molar-refractivity contribution in [2.75, 3.05) is 43.6 Å². The van der Waals surface area contributed by atoms with E-state index in [1.54, 1.807) is 0 Å². The Balaban J connectivity index is 0.000000357. The predicted molar refractivity (Wildman–Crippen MR) is 79.6 cm³/mol. The van der Waals surface area contributed by atoms with Gasteiger partial charge in [-0.2, -0.15) is 0 Å². The Morgan fingerprint density at radius 1 is 1.06 bits per heavy atom. The van der Waals surface area contributed by atoms with Gasteiger partial charge in [-0.25, -0.2) is 0 Å². The number of nitrogens with one attached hydrogen (secondary N) is 1. The van der Waals surface area contributed by atoms with E-state index in [0.29, 0.717) is 0 Å². The first-order valence-electron chi connectivity index (χ1n) is 6.92. The lowest BCUT2D eigenvalue weighted by molar-refractivity contribution is 0.122. The Labute approximate surface area is 111 Å². The van der Waals surface area contributed by atoms with Crippen LogP contribution < -0.4 is 10.2 Å². The van der Waals surface area contributed by atoms with Gasteiger partial charge in [-0.1, -0.05) is 26.7 Å². The normalized spacial score (nSPS) is 14.7. The van der Waals surface area contributed by atoms with Gasteiger partial charge in [0.25, 0.3) is 0 Å². The number of anilines is 2. The Kier molecular flexibility index (Phi) is 7.26. The summed E-state index contributed by atoms with van der Waals surface area (Å²) < 4.78 is 5.31. The molecule has 1 N–H and O–H groups in total. The third-order valence-corrected chi connectivity index (χ3v) is 3.03. The average molecular weight is 250 g/mol. The molecule has 3 nitrogen and oxygen atoms in total. The molecule has 18 heavy (non-hydrogen) atoms. The predicted octanol–water partition coefficient (Wildman–Crippen LogP) is 3.37. The molecule has 0 saturated carbocycles. The standard InChI is InChI=1S/C11H16N2O.C4H10/c1-12-10-2-4-11(5-3-10)13-6-8-14-9-7-13;1-3-4-2/h2-5,12H,6-9H2,1H3;3-4H2,1-2H3. The van der Waals surface area contributed by atoms with Gasteiger partial charge in [0.15, 0.2) is 0 Å². The molecular weight excluding hydrogens is 224 g/mol. The van der Waals surface area contributed by atoms with Crippen LogP contribution in [0, 0.1) is 0 Å². The molecular formula is C15H26N2O. The summed E-state index contributed by atoms with van der Waals surface area (Å²) in [6.45, 7) is 8.04. The lowest BCUT2D eigenvalue weighted by Crippen LogP contribution is -2.36. The second-order valence-electron chi connectivity index (χ2n) is 4.40. The minimum atomic E-state index is 0.841. The number of unbranched alkanes of at least 4 members (excludes halogenated alkanes) is 1. The first-order chi connectivity index (χ1) is 8.81. The molecule has 0 spiro atoms. The summed E-state index contributed by atoms with van der Waals surface area (Å²) in [7, 11) is 1.93. The molecule has 0 aromatic heterocycles. The largest absolute Gasteiger partial charge is 0.388 e. The van der Waals surface area contributed by atoms with Crippen molar-refractivity contribution < 1.29 is 4.74 Å². The molecule has 1 aromatic rings. The van der Waals surface area contributed by atoms with Crippen LogP contribution in [0.15, 0.2) is 24.3 Å². The van der Waals surface area contributed by atoms with Crippen LogP contribution in [0.25, 0.3) is 0 Å². The van der Waals surface area contributed by atoms with Crippen molar-refractivity contribution >= 4 is 11.4 Å². The van der Waals surface area contributed by atoms with Crippen molar-refractivity contribution in [3.05, 3.63) is 24.3 Å². The highest BCUT2D eigenvalue weighted by Gasteiger charge is 2.10. The Bertz CT molecular complexity index is 303. The van der Waals surface area contributed by atoms with E-state index in [9.17, 15) is 0 Å². The topological polar surface area (TPSA) is 24.5 Å². The van der Waals surface area contributed by atoms with Crippen LogP contribution in [0.3, 0.4) is 0 Å². The second kappa shape index (κ2) is 8.81. The van der Waals surface area contributed by atoms with Gasteiger partial charge in [-0.05, 0) is 24.3 Å². The molecule has 3 heteroatoms. The maximum Gasteiger partial charge on any atom is 0.0642 e. The van der Waals surface area contributed by atoms with Gasteiger partial charge in [-0.3, -0.25) is 0 Å². The van der Waals surface area contributed by atoms with Crippen LogP contribution in [-0.4, -0.2) is 33.4 Å². The Morgan fingerprint density at radius 2 is 1.61 bits per heavy atom. The molecule has 1 aliphatic rings. The molecule has 1 aliphatic heterocycles. The highest BCUT2D eigenvalue weighted by atomic mass is 16.5. The van der Waals surface area contributed by atoms with E-state index in [4.69, 9.17) is 4.74 Å². The number of ether oxygens (including phenoxy) is 1. The molecule has 102 valence electrons. The number of nitrogens with zero attached hydrogens (tertiary/aromatic N) is 1. The molecule has 0 atom stereocenters. The SMILES string of the molecule is CCCC.CNc1ccc(N2CCOCC2)cc1. The maximum absolute atomic E-state index is 5.31.